The van der Waals surface area contributed by atoms with Gasteiger partial charge in [0, 0.05) is 17.0 Å². The summed E-state index contributed by atoms with van der Waals surface area (Å²) in [4.78, 5) is 24.8. The van der Waals surface area contributed by atoms with Gasteiger partial charge in [-0.3, -0.25) is 4.79 Å². The first kappa shape index (κ1) is 18.3. The van der Waals surface area contributed by atoms with Crippen LogP contribution in [0.15, 0.2) is 42.5 Å². The van der Waals surface area contributed by atoms with Crippen LogP contribution in [0.2, 0.25) is 5.02 Å². The maximum Gasteiger partial charge on any atom is 0.348 e. The number of halogens is 1. The monoisotopic (exact) mass is 374 g/mol. The molecule has 0 unspecified atom stereocenters. The number of ether oxygens (including phenoxy) is 3. The fourth-order valence-electron chi connectivity index (χ4n) is 2.77. The zero-order chi connectivity index (χ0) is 18.7. The second-order valence-electron chi connectivity index (χ2n) is 5.96. The molecule has 0 aromatic heterocycles. The minimum Gasteiger partial charge on any atom is -0.494 e. The van der Waals surface area contributed by atoms with Gasteiger partial charge in [-0.15, -0.1) is 0 Å². The summed E-state index contributed by atoms with van der Waals surface area (Å²) in [5.41, 5.74) is 1.31. The van der Waals surface area contributed by atoms with E-state index >= 15 is 0 Å². The minimum atomic E-state index is -0.906. The number of hydrogen-bond acceptors (Lipinski definition) is 5. The average molecular weight is 375 g/mol. The van der Waals surface area contributed by atoms with Crippen LogP contribution in [0.1, 0.15) is 29.8 Å². The van der Waals surface area contributed by atoms with Crippen LogP contribution in [0.5, 0.6) is 11.5 Å². The van der Waals surface area contributed by atoms with Gasteiger partial charge >= 0.3 is 5.97 Å². The van der Waals surface area contributed by atoms with Crippen molar-refractivity contribution in [3.63, 3.8) is 0 Å². The summed E-state index contributed by atoms with van der Waals surface area (Å²) < 4.78 is 16.3. The fourth-order valence-corrected chi connectivity index (χ4v) is 2.96. The Labute approximate surface area is 156 Å². The zero-order valence-electron chi connectivity index (χ0n) is 14.5. The molecular formula is C20H19ClO5. The molecule has 0 spiro atoms. The topological polar surface area (TPSA) is 61.8 Å². The van der Waals surface area contributed by atoms with E-state index in [0.717, 1.165) is 5.56 Å². The third-order valence-electron chi connectivity index (χ3n) is 4.07. The maximum atomic E-state index is 12.5. The van der Waals surface area contributed by atoms with Crippen molar-refractivity contribution in [2.75, 3.05) is 6.61 Å². The molecular weight excluding hydrogens is 356 g/mol. The van der Waals surface area contributed by atoms with Gasteiger partial charge in [0.1, 0.15) is 11.5 Å². The molecule has 2 aromatic rings. The third kappa shape index (κ3) is 3.99. The highest BCUT2D eigenvalue weighted by molar-refractivity contribution is 6.30. The van der Waals surface area contributed by atoms with Crippen molar-refractivity contribution in [3.8, 4) is 11.5 Å². The van der Waals surface area contributed by atoms with Crippen molar-refractivity contribution in [2.45, 2.75) is 32.5 Å². The number of carbonyl (C=O) groups excluding carboxylic acids is 2. The van der Waals surface area contributed by atoms with E-state index in [4.69, 9.17) is 25.8 Å². The summed E-state index contributed by atoms with van der Waals surface area (Å²) in [5.74, 6) is 0.454. The first-order valence-electron chi connectivity index (χ1n) is 8.40. The van der Waals surface area contributed by atoms with Gasteiger partial charge in [0.15, 0.2) is 12.2 Å². The largest absolute Gasteiger partial charge is 0.494 e. The molecule has 0 amide bonds. The van der Waals surface area contributed by atoms with Crippen molar-refractivity contribution in [1.29, 1.82) is 0 Å². The number of fused-ring (bicyclic) bond motifs is 1. The number of carbonyl (C=O) groups is 2. The maximum absolute atomic E-state index is 12.5. The quantitative estimate of drug-likeness (QED) is 0.567. The van der Waals surface area contributed by atoms with Gasteiger partial charge in [-0.1, -0.05) is 11.6 Å². The Hall–Kier alpha value is -2.53. The Morgan fingerprint density at radius 3 is 2.65 bits per heavy atom. The number of hydrogen-bond donors (Lipinski definition) is 0. The molecule has 1 heterocycles. The lowest BCUT2D eigenvalue weighted by atomic mass is 10.1. The predicted molar refractivity (Wildman–Crippen MR) is 97.1 cm³/mol. The van der Waals surface area contributed by atoms with Crippen LogP contribution in [0, 0.1) is 0 Å². The number of benzene rings is 2. The first-order valence-corrected chi connectivity index (χ1v) is 8.78. The molecule has 2 aromatic carbocycles. The summed E-state index contributed by atoms with van der Waals surface area (Å²) >= 11 is 5.95. The lowest BCUT2D eigenvalue weighted by Crippen LogP contribution is -2.33. The summed E-state index contributed by atoms with van der Waals surface area (Å²) in [5, 5.41) is 0.584. The van der Waals surface area contributed by atoms with Crippen LogP contribution in [0.4, 0.5) is 0 Å². The van der Waals surface area contributed by atoms with Crippen molar-refractivity contribution in [2.24, 2.45) is 0 Å². The smallest absolute Gasteiger partial charge is 0.348 e. The summed E-state index contributed by atoms with van der Waals surface area (Å²) in [7, 11) is 0. The Balaban J connectivity index is 1.60. The van der Waals surface area contributed by atoms with E-state index in [0.29, 0.717) is 35.1 Å². The van der Waals surface area contributed by atoms with Gasteiger partial charge in [-0.2, -0.15) is 0 Å². The van der Waals surface area contributed by atoms with E-state index in [2.05, 4.69) is 0 Å². The molecule has 26 heavy (non-hydrogen) atoms. The summed E-state index contributed by atoms with van der Waals surface area (Å²) in [6, 6.07) is 11.9. The van der Waals surface area contributed by atoms with E-state index in [1.165, 1.54) is 0 Å². The Morgan fingerprint density at radius 1 is 1.23 bits per heavy atom. The molecule has 0 aliphatic carbocycles. The van der Waals surface area contributed by atoms with E-state index in [9.17, 15) is 9.59 Å². The minimum absolute atomic E-state index is 0.278. The second-order valence-corrected chi connectivity index (χ2v) is 6.40. The summed E-state index contributed by atoms with van der Waals surface area (Å²) in [6.07, 6.45) is -1.30. The molecule has 5 nitrogen and oxygen atoms in total. The Kier molecular flexibility index (Phi) is 5.47. The normalized spacial score (nSPS) is 16.3. The van der Waals surface area contributed by atoms with Crippen LogP contribution in [0.3, 0.4) is 0 Å². The molecule has 0 fully saturated rings. The molecule has 136 valence electrons. The number of ketones is 1. The molecule has 1 aliphatic heterocycles. The van der Waals surface area contributed by atoms with Crippen molar-refractivity contribution in [1.82, 2.24) is 0 Å². The van der Waals surface area contributed by atoms with Gasteiger partial charge in [0.2, 0.25) is 5.78 Å². The standard InChI is InChI=1S/C20H19ClO5/c1-3-24-16-7-4-13(5-8-16)19(22)12(2)25-20(23)18-11-14-10-15(21)6-9-17(14)26-18/h4-10,12,18H,3,11H2,1-2H3/t12-,18-/m0/s1. The number of esters is 1. The number of rotatable bonds is 6. The molecule has 0 saturated carbocycles. The highest BCUT2D eigenvalue weighted by Gasteiger charge is 2.32. The van der Waals surface area contributed by atoms with Gasteiger partial charge in [-0.25, -0.2) is 4.79 Å². The van der Waals surface area contributed by atoms with Crippen molar-refractivity contribution >= 4 is 23.4 Å². The predicted octanol–water partition coefficient (Wildman–Crippen LogP) is 3.86. The highest BCUT2D eigenvalue weighted by atomic mass is 35.5. The molecule has 1 aliphatic rings. The van der Waals surface area contributed by atoms with Gasteiger partial charge in [0.05, 0.1) is 6.61 Å². The Morgan fingerprint density at radius 2 is 1.96 bits per heavy atom. The fraction of sp³-hybridized carbons (Fsp3) is 0.300. The molecule has 0 bridgehead atoms. The molecule has 0 saturated heterocycles. The molecule has 6 heteroatoms. The zero-order valence-corrected chi connectivity index (χ0v) is 15.3. The van der Waals surface area contributed by atoms with Crippen molar-refractivity contribution in [3.05, 3.63) is 58.6 Å². The molecule has 2 atom stereocenters. The summed E-state index contributed by atoms with van der Waals surface area (Å²) in [6.45, 7) is 3.99. The number of Topliss-reactive ketones (excluding diaryl/α,β-unsaturated/α-hetero) is 1. The van der Waals surface area contributed by atoms with Crippen LogP contribution in [-0.2, 0) is 16.0 Å². The molecule has 3 rings (SSSR count). The SMILES string of the molecule is CCOc1ccc(C(=O)[C@H](C)OC(=O)[C@@H]2Cc3cc(Cl)ccc3O2)cc1. The first-order chi connectivity index (χ1) is 12.5. The highest BCUT2D eigenvalue weighted by Crippen LogP contribution is 2.31. The van der Waals surface area contributed by atoms with Crippen LogP contribution >= 0.6 is 11.6 Å². The van der Waals surface area contributed by atoms with Gasteiger partial charge in [-0.05, 0) is 61.9 Å². The van der Waals surface area contributed by atoms with Crippen molar-refractivity contribution < 1.29 is 23.8 Å². The van der Waals surface area contributed by atoms with Crippen LogP contribution < -0.4 is 9.47 Å². The lowest BCUT2D eigenvalue weighted by Gasteiger charge is -2.15. The van der Waals surface area contributed by atoms with E-state index in [1.54, 1.807) is 49.4 Å². The van der Waals surface area contributed by atoms with E-state index in [-0.39, 0.29) is 5.78 Å². The molecule has 0 radical (unpaired) electrons. The van der Waals surface area contributed by atoms with Gasteiger partial charge < -0.3 is 14.2 Å². The van der Waals surface area contributed by atoms with Gasteiger partial charge in [0.25, 0.3) is 0 Å². The Bertz CT molecular complexity index is 815. The van der Waals surface area contributed by atoms with Crippen LogP contribution in [-0.4, -0.2) is 30.6 Å². The molecule has 0 N–H and O–H groups in total. The lowest BCUT2D eigenvalue weighted by molar-refractivity contribution is -0.153. The van der Waals surface area contributed by atoms with E-state index in [1.807, 2.05) is 6.92 Å². The second kappa shape index (κ2) is 7.79. The van der Waals surface area contributed by atoms with Crippen LogP contribution in [0.25, 0.3) is 0 Å². The average Bonchev–Trinajstić information content (AvgIpc) is 3.05. The third-order valence-corrected chi connectivity index (χ3v) is 4.31. The van der Waals surface area contributed by atoms with E-state index < -0.39 is 18.2 Å².